The second kappa shape index (κ2) is 5.77. The molecule has 0 atom stereocenters. The Bertz CT molecular complexity index is 761. The minimum Gasteiger partial charge on any atom is -0.321 e. The first-order valence-electron chi connectivity index (χ1n) is 6.88. The minimum absolute atomic E-state index is 0.104. The number of benzene rings is 1. The SMILES string of the molecule is CN1C(=O)CCc2cc(NC(=O)c3cccc(Cl)n3)ccc21. The van der Waals surface area contributed by atoms with Crippen molar-refractivity contribution in [3.05, 3.63) is 52.8 Å². The molecule has 1 aromatic heterocycles. The summed E-state index contributed by atoms with van der Waals surface area (Å²) in [5.41, 5.74) is 2.86. The van der Waals surface area contributed by atoms with Crippen LogP contribution in [-0.2, 0) is 11.2 Å². The molecule has 2 aromatic rings. The summed E-state index contributed by atoms with van der Waals surface area (Å²) in [4.78, 5) is 29.4. The second-order valence-electron chi connectivity index (χ2n) is 5.10. The first-order valence-corrected chi connectivity index (χ1v) is 7.26. The van der Waals surface area contributed by atoms with Gasteiger partial charge in [-0.15, -0.1) is 0 Å². The van der Waals surface area contributed by atoms with E-state index in [1.165, 1.54) is 0 Å². The highest BCUT2D eigenvalue weighted by molar-refractivity contribution is 6.29. The van der Waals surface area contributed by atoms with Gasteiger partial charge in [0, 0.05) is 24.8 Å². The van der Waals surface area contributed by atoms with Gasteiger partial charge in [0.05, 0.1) is 0 Å². The Hall–Kier alpha value is -2.40. The van der Waals surface area contributed by atoms with Gasteiger partial charge in [-0.05, 0) is 42.3 Å². The molecule has 0 radical (unpaired) electrons. The Labute approximate surface area is 132 Å². The molecule has 1 aliphatic rings. The third-order valence-corrected chi connectivity index (χ3v) is 3.84. The summed E-state index contributed by atoms with van der Waals surface area (Å²) in [6.07, 6.45) is 1.16. The fourth-order valence-electron chi connectivity index (χ4n) is 2.46. The number of fused-ring (bicyclic) bond motifs is 1. The number of anilines is 2. The maximum absolute atomic E-state index is 12.2. The van der Waals surface area contributed by atoms with E-state index in [9.17, 15) is 9.59 Å². The average molecular weight is 316 g/mol. The Morgan fingerprint density at radius 1 is 1.27 bits per heavy atom. The van der Waals surface area contributed by atoms with Crippen molar-refractivity contribution in [2.45, 2.75) is 12.8 Å². The van der Waals surface area contributed by atoms with Crippen LogP contribution in [0.3, 0.4) is 0 Å². The van der Waals surface area contributed by atoms with Crippen LogP contribution in [0.4, 0.5) is 11.4 Å². The van der Waals surface area contributed by atoms with Crippen LogP contribution < -0.4 is 10.2 Å². The number of pyridine rings is 1. The molecule has 3 rings (SSSR count). The fraction of sp³-hybridized carbons (Fsp3) is 0.188. The molecule has 0 unspecified atom stereocenters. The van der Waals surface area contributed by atoms with Crippen molar-refractivity contribution >= 4 is 34.8 Å². The predicted octanol–water partition coefficient (Wildman–Crippen LogP) is 2.90. The lowest BCUT2D eigenvalue weighted by Crippen LogP contribution is -2.31. The van der Waals surface area contributed by atoms with Crippen LogP contribution in [0.25, 0.3) is 0 Å². The van der Waals surface area contributed by atoms with Gasteiger partial charge in [-0.1, -0.05) is 17.7 Å². The van der Waals surface area contributed by atoms with E-state index < -0.39 is 0 Å². The molecule has 0 fully saturated rings. The highest BCUT2D eigenvalue weighted by Gasteiger charge is 2.21. The number of amides is 2. The molecular weight excluding hydrogens is 302 g/mol. The summed E-state index contributed by atoms with van der Waals surface area (Å²) in [7, 11) is 1.76. The summed E-state index contributed by atoms with van der Waals surface area (Å²) in [5, 5.41) is 3.07. The van der Waals surface area contributed by atoms with Gasteiger partial charge in [0.1, 0.15) is 10.8 Å². The molecule has 0 bridgehead atoms. The average Bonchev–Trinajstić information content (AvgIpc) is 2.51. The highest BCUT2D eigenvalue weighted by atomic mass is 35.5. The van der Waals surface area contributed by atoms with Crippen LogP contribution in [0.5, 0.6) is 0 Å². The standard InChI is InChI=1S/C16H14ClN3O2/c1-20-13-7-6-11(9-10(13)5-8-15(20)21)18-16(22)12-3-2-4-14(17)19-12/h2-4,6-7,9H,5,8H2,1H3,(H,18,22). The van der Waals surface area contributed by atoms with E-state index in [-0.39, 0.29) is 22.7 Å². The van der Waals surface area contributed by atoms with Crippen molar-refractivity contribution in [1.82, 2.24) is 4.98 Å². The minimum atomic E-state index is -0.317. The molecule has 22 heavy (non-hydrogen) atoms. The number of aromatic nitrogens is 1. The molecule has 5 nitrogen and oxygen atoms in total. The summed E-state index contributed by atoms with van der Waals surface area (Å²) in [6, 6.07) is 10.4. The van der Waals surface area contributed by atoms with E-state index in [4.69, 9.17) is 11.6 Å². The highest BCUT2D eigenvalue weighted by Crippen LogP contribution is 2.29. The van der Waals surface area contributed by atoms with Crippen LogP contribution in [0.15, 0.2) is 36.4 Å². The van der Waals surface area contributed by atoms with Gasteiger partial charge in [0.25, 0.3) is 5.91 Å². The lowest BCUT2D eigenvalue weighted by atomic mass is 10.0. The molecule has 112 valence electrons. The zero-order valence-corrected chi connectivity index (χ0v) is 12.7. The van der Waals surface area contributed by atoms with E-state index >= 15 is 0 Å². The maximum atomic E-state index is 12.2. The Morgan fingerprint density at radius 2 is 2.09 bits per heavy atom. The van der Waals surface area contributed by atoms with Crippen molar-refractivity contribution in [1.29, 1.82) is 0 Å². The Morgan fingerprint density at radius 3 is 2.86 bits per heavy atom. The quantitative estimate of drug-likeness (QED) is 0.867. The molecule has 2 heterocycles. The number of hydrogen-bond donors (Lipinski definition) is 1. The van der Waals surface area contributed by atoms with E-state index in [0.717, 1.165) is 11.3 Å². The van der Waals surface area contributed by atoms with E-state index in [2.05, 4.69) is 10.3 Å². The molecule has 0 saturated carbocycles. The third kappa shape index (κ3) is 2.80. The smallest absolute Gasteiger partial charge is 0.274 e. The van der Waals surface area contributed by atoms with Gasteiger partial charge in [-0.3, -0.25) is 9.59 Å². The van der Waals surface area contributed by atoms with Crippen LogP contribution in [-0.4, -0.2) is 23.8 Å². The number of halogens is 1. The molecule has 0 aliphatic carbocycles. The van der Waals surface area contributed by atoms with Gasteiger partial charge in [-0.2, -0.15) is 0 Å². The van der Waals surface area contributed by atoms with Gasteiger partial charge in [0.15, 0.2) is 0 Å². The summed E-state index contributed by atoms with van der Waals surface area (Å²) in [6.45, 7) is 0. The first kappa shape index (κ1) is 14.5. The number of carbonyl (C=O) groups is 2. The van der Waals surface area contributed by atoms with Crippen molar-refractivity contribution in [2.75, 3.05) is 17.3 Å². The van der Waals surface area contributed by atoms with Crippen molar-refractivity contribution in [3.8, 4) is 0 Å². The van der Waals surface area contributed by atoms with Crippen LogP contribution in [0, 0.1) is 0 Å². The monoisotopic (exact) mass is 315 g/mol. The van der Waals surface area contributed by atoms with Gasteiger partial charge in [-0.25, -0.2) is 4.98 Å². The zero-order valence-electron chi connectivity index (χ0n) is 12.0. The molecular formula is C16H14ClN3O2. The summed E-state index contributed by atoms with van der Waals surface area (Å²) >= 11 is 5.79. The van der Waals surface area contributed by atoms with Crippen LogP contribution in [0.1, 0.15) is 22.5 Å². The van der Waals surface area contributed by atoms with Gasteiger partial charge < -0.3 is 10.2 Å². The van der Waals surface area contributed by atoms with E-state index in [1.807, 2.05) is 12.1 Å². The number of hydrogen-bond acceptors (Lipinski definition) is 3. The number of aryl methyl sites for hydroxylation is 1. The molecule has 0 saturated heterocycles. The fourth-order valence-corrected chi connectivity index (χ4v) is 2.63. The normalized spacial score (nSPS) is 13.7. The predicted molar refractivity (Wildman–Crippen MR) is 85.4 cm³/mol. The molecule has 1 aliphatic heterocycles. The lowest BCUT2D eigenvalue weighted by molar-refractivity contribution is -0.118. The van der Waals surface area contributed by atoms with Crippen molar-refractivity contribution in [2.24, 2.45) is 0 Å². The Balaban J connectivity index is 1.82. The number of carbonyl (C=O) groups excluding carboxylic acids is 2. The van der Waals surface area contributed by atoms with Crippen molar-refractivity contribution < 1.29 is 9.59 Å². The summed E-state index contributed by atoms with van der Waals surface area (Å²) < 4.78 is 0. The Kier molecular flexibility index (Phi) is 3.81. The molecule has 6 heteroatoms. The zero-order chi connectivity index (χ0) is 15.7. The second-order valence-corrected chi connectivity index (χ2v) is 5.48. The molecule has 0 spiro atoms. The molecule has 2 amide bonds. The topological polar surface area (TPSA) is 62.3 Å². The number of nitrogens with zero attached hydrogens (tertiary/aromatic N) is 2. The summed E-state index contributed by atoms with van der Waals surface area (Å²) in [5.74, 6) is -0.213. The van der Waals surface area contributed by atoms with E-state index in [0.29, 0.717) is 18.5 Å². The molecule has 1 N–H and O–H groups in total. The lowest BCUT2D eigenvalue weighted by Gasteiger charge is -2.26. The maximum Gasteiger partial charge on any atom is 0.274 e. The van der Waals surface area contributed by atoms with Gasteiger partial charge in [0.2, 0.25) is 5.91 Å². The van der Waals surface area contributed by atoms with E-state index in [1.54, 1.807) is 36.2 Å². The third-order valence-electron chi connectivity index (χ3n) is 3.63. The first-order chi connectivity index (χ1) is 10.5. The van der Waals surface area contributed by atoms with Crippen molar-refractivity contribution in [3.63, 3.8) is 0 Å². The number of rotatable bonds is 2. The van der Waals surface area contributed by atoms with Gasteiger partial charge >= 0.3 is 0 Å². The largest absolute Gasteiger partial charge is 0.321 e. The molecule has 1 aromatic carbocycles. The van der Waals surface area contributed by atoms with Crippen LogP contribution >= 0.6 is 11.6 Å². The number of nitrogens with one attached hydrogen (secondary N) is 1. The van der Waals surface area contributed by atoms with Crippen LogP contribution in [0.2, 0.25) is 5.15 Å².